The van der Waals surface area contributed by atoms with Crippen LogP contribution in [0.4, 0.5) is 10.2 Å². The van der Waals surface area contributed by atoms with Gasteiger partial charge in [0.1, 0.15) is 17.9 Å². The molecule has 0 amide bonds. The molecule has 0 aliphatic heterocycles. The fourth-order valence-corrected chi connectivity index (χ4v) is 2.99. The number of thiophene rings is 1. The molecule has 2 aromatic rings. The number of carbonyl (C=O) groups excluding carboxylic acids is 1. The zero-order valence-corrected chi connectivity index (χ0v) is 15.2. The third kappa shape index (κ3) is 4.73. The first kappa shape index (κ1) is 18.8. The van der Waals surface area contributed by atoms with Crippen molar-refractivity contribution in [2.45, 2.75) is 27.2 Å². The Morgan fingerprint density at radius 3 is 2.72 bits per heavy atom. The van der Waals surface area contributed by atoms with Gasteiger partial charge >= 0.3 is 0 Å². The van der Waals surface area contributed by atoms with Gasteiger partial charge in [-0.15, -0.1) is 0 Å². The van der Waals surface area contributed by atoms with Crippen molar-refractivity contribution in [3.63, 3.8) is 0 Å². The van der Waals surface area contributed by atoms with Crippen LogP contribution in [0.5, 0.6) is 5.06 Å². The van der Waals surface area contributed by atoms with Gasteiger partial charge < -0.3 is 10.4 Å². The molecule has 0 saturated carbocycles. The SMILES string of the molecule is C/C=C(C=O)\C=C(\F)CNc1nc(-c2ccc(O)s2)nc(C)c1CC. The number of allylic oxidation sites excluding steroid dienone is 3. The first-order valence-electron chi connectivity index (χ1n) is 7.86. The van der Waals surface area contributed by atoms with Crippen molar-refractivity contribution in [3.05, 3.63) is 46.9 Å². The van der Waals surface area contributed by atoms with Gasteiger partial charge in [0.05, 0.1) is 11.4 Å². The molecule has 0 aromatic carbocycles. The molecule has 0 bridgehead atoms. The van der Waals surface area contributed by atoms with Gasteiger partial charge in [0.2, 0.25) is 0 Å². The van der Waals surface area contributed by atoms with Gasteiger partial charge in [0.15, 0.2) is 10.9 Å². The summed E-state index contributed by atoms with van der Waals surface area (Å²) in [7, 11) is 0. The number of aryl methyl sites for hydroxylation is 1. The molecule has 2 N–H and O–H groups in total. The van der Waals surface area contributed by atoms with Crippen molar-refractivity contribution in [1.29, 1.82) is 0 Å². The van der Waals surface area contributed by atoms with E-state index in [9.17, 15) is 14.3 Å². The van der Waals surface area contributed by atoms with Gasteiger partial charge in [0, 0.05) is 16.8 Å². The van der Waals surface area contributed by atoms with E-state index in [1.165, 1.54) is 17.4 Å². The number of aldehydes is 1. The maximum absolute atomic E-state index is 14.0. The predicted octanol–water partition coefficient (Wildman–Crippen LogP) is 4.19. The zero-order valence-electron chi connectivity index (χ0n) is 14.3. The molecule has 0 radical (unpaired) electrons. The van der Waals surface area contributed by atoms with Gasteiger partial charge in [0.25, 0.3) is 0 Å². The second-order valence-electron chi connectivity index (χ2n) is 5.30. The Balaban J connectivity index is 2.29. The topological polar surface area (TPSA) is 75.1 Å². The summed E-state index contributed by atoms with van der Waals surface area (Å²) in [5.74, 6) is 0.567. The average Bonchev–Trinajstić information content (AvgIpc) is 3.03. The number of aromatic hydroxyl groups is 1. The van der Waals surface area contributed by atoms with E-state index >= 15 is 0 Å². The lowest BCUT2D eigenvalue weighted by Crippen LogP contribution is -2.10. The molecule has 132 valence electrons. The van der Waals surface area contributed by atoms with E-state index in [0.29, 0.717) is 24.3 Å². The summed E-state index contributed by atoms with van der Waals surface area (Å²) < 4.78 is 14.0. The third-order valence-electron chi connectivity index (χ3n) is 3.60. The lowest BCUT2D eigenvalue weighted by Gasteiger charge is -2.13. The average molecular weight is 361 g/mol. The Kier molecular flexibility index (Phi) is 6.41. The maximum Gasteiger partial charge on any atom is 0.171 e. The van der Waals surface area contributed by atoms with Crippen LogP contribution < -0.4 is 5.32 Å². The number of hydrogen-bond acceptors (Lipinski definition) is 6. The molecule has 0 spiro atoms. The number of carbonyl (C=O) groups is 1. The van der Waals surface area contributed by atoms with E-state index < -0.39 is 5.83 Å². The van der Waals surface area contributed by atoms with E-state index in [1.54, 1.807) is 25.1 Å². The molecule has 5 nitrogen and oxygen atoms in total. The van der Waals surface area contributed by atoms with Crippen molar-refractivity contribution in [3.8, 4) is 15.8 Å². The summed E-state index contributed by atoms with van der Waals surface area (Å²) >= 11 is 1.18. The molecule has 0 saturated heterocycles. The van der Waals surface area contributed by atoms with E-state index in [4.69, 9.17) is 0 Å². The zero-order chi connectivity index (χ0) is 18.4. The van der Waals surface area contributed by atoms with Crippen LogP contribution in [0.1, 0.15) is 25.1 Å². The van der Waals surface area contributed by atoms with Crippen LogP contribution in [-0.2, 0) is 11.2 Å². The molecular formula is C18H20FN3O2S. The van der Waals surface area contributed by atoms with Gasteiger partial charge in [-0.25, -0.2) is 14.4 Å². The van der Waals surface area contributed by atoms with Crippen molar-refractivity contribution in [2.24, 2.45) is 0 Å². The highest BCUT2D eigenvalue weighted by Crippen LogP contribution is 2.31. The normalized spacial score (nSPS) is 12.3. The van der Waals surface area contributed by atoms with E-state index in [1.807, 2.05) is 13.8 Å². The van der Waals surface area contributed by atoms with Gasteiger partial charge in [-0.05, 0) is 38.5 Å². The largest absolute Gasteiger partial charge is 0.499 e. The second kappa shape index (κ2) is 8.53. The highest BCUT2D eigenvalue weighted by molar-refractivity contribution is 7.17. The van der Waals surface area contributed by atoms with Gasteiger partial charge in [-0.2, -0.15) is 0 Å². The molecule has 0 aliphatic carbocycles. The Morgan fingerprint density at radius 1 is 1.40 bits per heavy atom. The minimum atomic E-state index is -0.464. The van der Waals surface area contributed by atoms with Gasteiger partial charge in [-0.1, -0.05) is 24.3 Å². The monoisotopic (exact) mass is 361 g/mol. The smallest absolute Gasteiger partial charge is 0.171 e. The summed E-state index contributed by atoms with van der Waals surface area (Å²) in [6, 6.07) is 3.33. The number of aromatic nitrogens is 2. The Morgan fingerprint density at radius 2 is 2.16 bits per heavy atom. The molecule has 0 atom stereocenters. The minimum absolute atomic E-state index is 0.0796. The van der Waals surface area contributed by atoms with Crippen LogP contribution in [0.3, 0.4) is 0 Å². The van der Waals surface area contributed by atoms with Crippen LogP contribution in [0.15, 0.2) is 35.7 Å². The lowest BCUT2D eigenvalue weighted by molar-refractivity contribution is -0.104. The van der Waals surface area contributed by atoms with Crippen molar-refractivity contribution in [1.82, 2.24) is 9.97 Å². The fraction of sp³-hybridized carbons (Fsp3) is 0.278. The van der Waals surface area contributed by atoms with E-state index in [-0.39, 0.29) is 17.2 Å². The van der Waals surface area contributed by atoms with Crippen LogP contribution in [0, 0.1) is 6.92 Å². The summed E-state index contributed by atoms with van der Waals surface area (Å²) in [4.78, 5) is 20.4. The first-order valence-corrected chi connectivity index (χ1v) is 8.68. The van der Waals surface area contributed by atoms with Gasteiger partial charge in [-0.3, -0.25) is 4.79 Å². The quantitative estimate of drug-likeness (QED) is 0.439. The number of nitrogens with one attached hydrogen (secondary N) is 1. The van der Waals surface area contributed by atoms with Crippen molar-refractivity contribution < 1.29 is 14.3 Å². The molecule has 2 rings (SSSR count). The predicted molar refractivity (Wildman–Crippen MR) is 98.6 cm³/mol. The molecule has 7 heteroatoms. The number of hydrogen-bond donors (Lipinski definition) is 2. The van der Waals surface area contributed by atoms with E-state index in [2.05, 4.69) is 15.3 Å². The molecule has 2 heterocycles. The minimum Gasteiger partial charge on any atom is -0.499 e. The molecule has 0 aliphatic rings. The number of anilines is 1. The Labute approximate surface area is 150 Å². The summed E-state index contributed by atoms with van der Waals surface area (Å²) in [6.07, 6.45) is 4.04. The van der Waals surface area contributed by atoms with Crippen LogP contribution in [-0.4, -0.2) is 27.9 Å². The number of nitrogens with zero attached hydrogens (tertiary/aromatic N) is 2. The highest BCUT2D eigenvalue weighted by Gasteiger charge is 2.13. The first-order chi connectivity index (χ1) is 12.0. The van der Waals surface area contributed by atoms with E-state index in [0.717, 1.165) is 16.1 Å². The molecule has 0 fully saturated rings. The number of rotatable bonds is 7. The second-order valence-corrected chi connectivity index (χ2v) is 6.36. The summed E-state index contributed by atoms with van der Waals surface area (Å²) in [5, 5.41) is 12.7. The van der Waals surface area contributed by atoms with Crippen LogP contribution in [0.25, 0.3) is 10.7 Å². The third-order valence-corrected chi connectivity index (χ3v) is 4.48. The molecule has 2 aromatic heterocycles. The lowest BCUT2D eigenvalue weighted by atomic mass is 10.1. The fourth-order valence-electron chi connectivity index (χ4n) is 2.31. The van der Waals surface area contributed by atoms with Crippen molar-refractivity contribution in [2.75, 3.05) is 11.9 Å². The maximum atomic E-state index is 14.0. The summed E-state index contributed by atoms with van der Waals surface area (Å²) in [5.41, 5.74) is 1.98. The van der Waals surface area contributed by atoms with Crippen molar-refractivity contribution >= 4 is 23.4 Å². The molecular weight excluding hydrogens is 341 g/mol. The highest BCUT2D eigenvalue weighted by atomic mass is 32.1. The Bertz CT molecular complexity index is 828. The summed E-state index contributed by atoms with van der Waals surface area (Å²) in [6.45, 7) is 5.44. The molecule has 0 unspecified atom stereocenters. The van der Waals surface area contributed by atoms with Crippen LogP contribution >= 0.6 is 11.3 Å². The standard InChI is InChI=1S/C18H20FN3O2S/c1-4-12(10-23)8-13(19)9-20-17-14(5-2)11(3)21-18(22-17)15-6-7-16(24)25-15/h4,6-8,10,24H,5,9H2,1-3H3,(H,20,21,22)/b12-4+,13-8+. The number of halogens is 1. The molecule has 25 heavy (non-hydrogen) atoms. The Hall–Kier alpha value is -2.54. The van der Waals surface area contributed by atoms with Crippen LogP contribution in [0.2, 0.25) is 0 Å².